The smallest absolute Gasteiger partial charge is 0.140 e. The third-order valence-corrected chi connectivity index (χ3v) is 3.02. The van der Waals surface area contributed by atoms with Crippen LogP contribution in [0.25, 0.3) is 0 Å². The highest BCUT2D eigenvalue weighted by atomic mass is 16.5. The van der Waals surface area contributed by atoms with Crippen molar-refractivity contribution >= 4 is 0 Å². The third kappa shape index (κ3) is 3.43. The van der Waals surface area contributed by atoms with Crippen molar-refractivity contribution in [2.75, 3.05) is 26.2 Å². The van der Waals surface area contributed by atoms with E-state index in [-0.39, 0.29) is 0 Å². The van der Waals surface area contributed by atoms with E-state index in [4.69, 9.17) is 10.00 Å². The first kappa shape index (κ1) is 11.9. The van der Waals surface area contributed by atoms with E-state index >= 15 is 0 Å². The summed E-state index contributed by atoms with van der Waals surface area (Å²) in [6, 6.07) is 3.83. The fourth-order valence-electron chi connectivity index (χ4n) is 2.06. The summed E-state index contributed by atoms with van der Waals surface area (Å²) in [6.07, 6.45) is 7.12. The molecule has 2 rings (SSSR count). The lowest BCUT2D eigenvalue weighted by Crippen LogP contribution is -2.33. The van der Waals surface area contributed by atoms with Crippen molar-refractivity contribution in [1.29, 1.82) is 5.26 Å². The largest absolute Gasteiger partial charge is 0.491 e. The van der Waals surface area contributed by atoms with E-state index in [0.29, 0.717) is 17.9 Å². The monoisotopic (exact) mass is 231 g/mol. The second-order valence-electron chi connectivity index (χ2n) is 4.23. The van der Waals surface area contributed by atoms with E-state index in [1.54, 1.807) is 12.3 Å². The minimum atomic E-state index is 0.506. The highest BCUT2D eigenvalue weighted by Crippen LogP contribution is 2.15. The fraction of sp³-hybridized carbons (Fsp3) is 0.538. The van der Waals surface area contributed by atoms with Gasteiger partial charge in [-0.15, -0.1) is 0 Å². The summed E-state index contributed by atoms with van der Waals surface area (Å²) in [6.45, 7) is 3.92. The summed E-state index contributed by atoms with van der Waals surface area (Å²) in [5.41, 5.74) is 0.506. The molecule has 0 spiro atoms. The van der Waals surface area contributed by atoms with Crippen LogP contribution in [0.5, 0.6) is 5.75 Å². The van der Waals surface area contributed by atoms with E-state index in [1.165, 1.54) is 38.5 Å². The van der Waals surface area contributed by atoms with Gasteiger partial charge in [0.2, 0.25) is 0 Å². The molecule has 4 nitrogen and oxygen atoms in total. The Labute approximate surface area is 102 Å². The normalized spacial score (nSPS) is 16.4. The maximum absolute atomic E-state index is 8.89. The quantitative estimate of drug-likeness (QED) is 0.793. The lowest BCUT2D eigenvalue weighted by atomic mass is 10.1. The van der Waals surface area contributed by atoms with Crippen LogP contribution in [-0.2, 0) is 0 Å². The molecule has 1 aliphatic rings. The van der Waals surface area contributed by atoms with Gasteiger partial charge in [-0.2, -0.15) is 5.26 Å². The highest BCUT2D eigenvalue weighted by molar-refractivity contribution is 5.39. The number of aromatic nitrogens is 1. The maximum atomic E-state index is 8.89. The molecule has 0 atom stereocenters. The topological polar surface area (TPSA) is 49.1 Å². The van der Waals surface area contributed by atoms with E-state index in [0.717, 1.165) is 6.54 Å². The minimum absolute atomic E-state index is 0.506. The molecule has 1 saturated heterocycles. The maximum Gasteiger partial charge on any atom is 0.140 e. The Balaban J connectivity index is 1.79. The molecule has 1 aromatic heterocycles. The molecule has 0 radical (unpaired) electrons. The molecule has 1 aliphatic heterocycles. The molecule has 2 heterocycles. The zero-order valence-corrected chi connectivity index (χ0v) is 9.93. The van der Waals surface area contributed by atoms with Crippen LogP contribution in [0.2, 0.25) is 0 Å². The summed E-state index contributed by atoms with van der Waals surface area (Å²) in [7, 11) is 0. The van der Waals surface area contributed by atoms with Gasteiger partial charge in [-0.3, -0.25) is 9.88 Å². The first-order chi connectivity index (χ1) is 8.40. The summed E-state index contributed by atoms with van der Waals surface area (Å²) < 4.78 is 5.63. The first-order valence-corrected chi connectivity index (χ1v) is 6.09. The molecule has 0 saturated carbocycles. The van der Waals surface area contributed by atoms with E-state index in [9.17, 15) is 0 Å². The average molecular weight is 231 g/mol. The predicted molar refractivity (Wildman–Crippen MR) is 64.7 cm³/mol. The van der Waals surface area contributed by atoms with Crippen molar-refractivity contribution in [2.45, 2.75) is 19.3 Å². The molecule has 1 fully saturated rings. The number of piperidine rings is 1. The van der Waals surface area contributed by atoms with Crippen LogP contribution < -0.4 is 4.74 Å². The van der Waals surface area contributed by atoms with Crippen LogP contribution in [0.4, 0.5) is 0 Å². The number of nitrogens with zero attached hydrogens (tertiary/aromatic N) is 3. The molecule has 0 aromatic carbocycles. The van der Waals surface area contributed by atoms with Crippen molar-refractivity contribution < 1.29 is 4.74 Å². The number of rotatable bonds is 4. The predicted octanol–water partition coefficient (Wildman–Crippen LogP) is 1.82. The van der Waals surface area contributed by atoms with E-state index in [2.05, 4.69) is 16.0 Å². The summed E-state index contributed by atoms with van der Waals surface area (Å²) in [4.78, 5) is 6.31. The molecule has 0 aliphatic carbocycles. The average Bonchev–Trinajstić information content (AvgIpc) is 2.40. The highest BCUT2D eigenvalue weighted by Gasteiger charge is 2.10. The van der Waals surface area contributed by atoms with Gasteiger partial charge < -0.3 is 4.74 Å². The van der Waals surface area contributed by atoms with Gasteiger partial charge in [-0.05, 0) is 32.0 Å². The van der Waals surface area contributed by atoms with Gasteiger partial charge in [0.1, 0.15) is 24.0 Å². The Bertz CT molecular complexity index is 394. The molecule has 4 heteroatoms. The Hall–Kier alpha value is -1.60. The number of pyridine rings is 1. The molecule has 0 amide bonds. The van der Waals surface area contributed by atoms with Crippen molar-refractivity contribution in [3.05, 3.63) is 24.0 Å². The van der Waals surface area contributed by atoms with Crippen molar-refractivity contribution in [3.8, 4) is 11.8 Å². The number of hydrogen-bond donors (Lipinski definition) is 0. The van der Waals surface area contributed by atoms with Gasteiger partial charge in [-0.1, -0.05) is 6.42 Å². The summed E-state index contributed by atoms with van der Waals surface area (Å²) in [5.74, 6) is 0.638. The molecule has 0 bridgehead atoms. The van der Waals surface area contributed by atoms with Gasteiger partial charge in [0.25, 0.3) is 0 Å². The molecule has 0 unspecified atom stereocenters. The van der Waals surface area contributed by atoms with Gasteiger partial charge in [0.15, 0.2) is 0 Å². The third-order valence-electron chi connectivity index (χ3n) is 3.02. The lowest BCUT2D eigenvalue weighted by molar-refractivity contribution is 0.183. The zero-order valence-electron chi connectivity index (χ0n) is 9.93. The van der Waals surface area contributed by atoms with Crippen molar-refractivity contribution in [2.24, 2.45) is 0 Å². The molecular formula is C13H17N3O. The Morgan fingerprint density at radius 2 is 2.18 bits per heavy atom. The number of ether oxygens (including phenoxy) is 1. The molecule has 17 heavy (non-hydrogen) atoms. The second-order valence-corrected chi connectivity index (χ2v) is 4.23. The van der Waals surface area contributed by atoms with E-state index in [1.807, 2.05) is 0 Å². The molecule has 90 valence electrons. The standard InChI is InChI=1S/C13H17N3O/c14-10-12-11-15-5-4-13(12)17-9-8-16-6-2-1-3-7-16/h4-5,11H,1-3,6-9H2. The minimum Gasteiger partial charge on any atom is -0.491 e. The number of hydrogen-bond acceptors (Lipinski definition) is 4. The number of nitriles is 1. The Kier molecular flexibility index (Phi) is 4.34. The summed E-state index contributed by atoms with van der Waals surface area (Å²) in [5, 5.41) is 8.89. The lowest BCUT2D eigenvalue weighted by Gasteiger charge is -2.26. The number of likely N-dealkylation sites (tertiary alicyclic amines) is 1. The second kappa shape index (κ2) is 6.21. The van der Waals surface area contributed by atoms with Gasteiger partial charge in [0, 0.05) is 18.9 Å². The van der Waals surface area contributed by atoms with Crippen LogP contribution in [0, 0.1) is 11.3 Å². The molecule has 0 N–H and O–H groups in total. The van der Waals surface area contributed by atoms with Gasteiger partial charge in [-0.25, -0.2) is 0 Å². The van der Waals surface area contributed by atoms with Crippen molar-refractivity contribution in [1.82, 2.24) is 9.88 Å². The SMILES string of the molecule is N#Cc1cnccc1OCCN1CCCCC1. The Morgan fingerprint density at radius 1 is 1.35 bits per heavy atom. The summed E-state index contributed by atoms with van der Waals surface area (Å²) >= 11 is 0. The fourth-order valence-corrected chi connectivity index (χ4v) is 2.06. The zero-order chi connectivity index (χ0) is 11.9. The van der Waals surface area contributed by atoms with Crippen molar-refractivity contribution in [3.63, 3.8) is 0 Å². The van der Waals surface area contributed by atoms with E-state index < -0.39 is 0 Å². The van der Waals surface area contributed by atoms with Crippen LogP contribution in [0.15, 0.2) is 18.5 Å². The van der Waals surface area contributed by atoms with Crippen LogP contribution in [-0.4, -0.2) is 36.1 Å². The van der Waals surface area contributed by atoms with Gasteiger partial charge in [0.05, 0.1) is 0 Å². The van der Waals surface area contributed by atoms with Crippen LogP contribution in [0.1, 0.15) is 24.8 Å². The van der Waals surface area contributed by atoms with Crippen LogP contribution in [0.3, 0.4) is 0 Å². The van der Waals surface area contributed by atoms with Gasteiger partial charge >= 0.3 is 0 Å². The van der Waals surface area contributed by atoms with Crippen LogP contribution >= 0.6 is 0 Å². The first-order valence-electron chi connectivity index (χ1n) is 6.09. The molecular weight excluding hydrogens is 214 g/mol. The molecule has 1 aromatic rings. The Morgan fingerprint density at radius 3 is 2.94 bits per heavy atom.